The van der Waals surface area contributed by atoms with E-state index in [-0.39, 0.29) is 0 Å². The Morgan fingerprint density at radius 2 is 1.73 bits per heavy atom. The van der Waals surface area contributed by atoms with Crippen molar-refractivity contribution < 1.29 is 0 Å². The van der Waals surface area contributed by atoms with Crippen molar-refractivity contribution in [3.63, 3.8) is 0 Å². The maximum atomic E-state index is 4.18. The van der Waals surface area contributed by atoms with Crippen LogP contribution in [0.2, 0.25) is 0 Å². The van der Waals surface area contributed by atoms with Crippen LogP contribution in [0.15, 0.2) is 24.3 Å². The van der Waals surface area contributed by atoms with Crippen molar-refractivity contribution in [3.05, 3.63) is 24.3 Å². The molecule has 0 N–H and O–H groups in total. The normalized spacial score (nSPS) is 16.5. The van der Waals surface area contributed by atoms with Gasteiger partial charge in [0, 0.05) is 0 Å². The van der Waals surface area contributed by atoms with Gasteiger partial charge in [0.05, 0.1) is 0 Å². The molecule has 0 saturated carbocycles. The highest BCUT2D eigenvalue weighted by Gasteiger charge is 2.01. The van der Waals surface area contributed by atoms with Crippen LogP contribution in [0, 0.1) is 5.92 Å². The first-order valence-corrected chi connectivity index (χ1v) is 5.02. The lowest BCUT2D eigenvalue weighted by Crippen LogP contribution is -1.89. The minimum absolute atomic E-state index is 0.731. The average molecular weight is 168 g/mol. The van der Waals surface area contributed by atoms with Crippen LogP contribution in [0.3, 0.4) is 0 Å². The second kappa shape index (κ2) is 5.48. The van der Waals surface area contributed by atoms with Gasteiger partial charge in [-0.15, -0.1) is 0 Å². The number of thiol groups is 1. The summed E-state index contributed by atoms with van der Waals surface area (Å²) in [6.45, 7) is 0. The first-order valence-electron chi connectivity index (χ1n) is 4.39. The molecule has 0 saturated heterocycles. The standard InChI is InChI=1S/C10H16S/c11-9-5-1-2-6-10-7-3-4-8-10/h3-4,7-8,10-11H,1-2,5-6,9H2. The molecule has 1 aliphatic carbocycles. The summed E-state index contributed by atoms with van der Waals surface area (Å²) in [7, 11) is 0. The van der Waals surface area contributed by atoms with Crippen LogP contribution in [0.4, 0.5) is 0 Å². The molecule has 0 aromatic carbocycles. The number of hydrogen-bond donors (Lipinski definition) is 1. The molecule has 0 spiro atoms. The van der Waals surface area contributed by atoms with Crippen LogP contribution < -0.4 is 0 Å². The molecule has 1 aliphatic rings. The van der Waals surface area contributed by atoms with Gasteiger partial charge in [0.25, 0.3) is 0 Å². The van der Waals surface area contributed by atoms with E-state index < -0.39 is 0 Å². The third-order valence-electron chi connectivity index (χ3n) is 2.02. The fourth-order valence-electron chi connectivity index (χ4n) is 1.34. The van der Waals surface area contributed by atoms with Gasteiger partial charge in [-0.1, -0.05) is 37.1 Å². The highest BCUT2D eigenvalue weighted by atomic mass is 32.1. The van der Waals surface area contributed by atoms with Gasteiger partial charge in [-0.2, -0.15) is 12.6 Å². The molecular formula is C10H16S. The summed E-state index contributed by atoms with van der Waals surface area (Å²) in [5.41, 5.74) is 0. The van der Waals surface area contributed by atoms with Crippen LogP contribution >= 0.6 is 12.6 Å². The van der Waals surface area contributed by atoms with Crippen molar-refractivity contribution in [3.8, 4) is 0 Å². The maximum Gasteiger partial charge on any atom is -0.00473 e. The number of unbranched alkanes of at least 4 members (excludes halogenated alkanes) is 2. The van der Waals surface area contributed by atoms with Crippen LogP contribution in [-0.2, 0) is 0 Å². The predicted molar refractivity (Wildman–Crippen MR) is 54.1 cm³/mol. The average Bonchev–Trinajstić information content (AvgIpc) is 2.50. The maximum absolute atomic E-state index is 4.18. The molecule has 0 amide bonds. The Kier molecular flexibility index (Phi) is 4.44. The van der Waals surface area contributed by atoms with Crippen LogP contribution in [0.5, 0.6) is 0 Å². The molecule has 0 bridgehead atoms. The molecule has 62 valence electrons. The minimum Gasteiger partial charge on any atom is -0.179 e. The summed E-state index contributed by atoms with van der Waals surface area (Å²) >= 11 is 4.18. The zero-order chi connectivity index (χ0) is 7.94. The Bertz CT molecular complexity index is 135. The van der Waals surface area contributed by atoms with E-state index >= 15 is 0 Å². The molecule has 0 nitrogen and oxygen atoms in total. The van der Waals surface area contributed by atoms with Gasteiger partial charge in [0.15, 0.2) is 0 Å². The van der Waals surface area contributed by atoms with Gasteiger partial charge >= 0.3 is 0 Å². The van der Waals surface area contributed by atoms with Crippen molar-refractivity contribution >= 4 is 12.6 Å². The molecular weight excluding hydrogens is 152 g/mol. The number of rotatable bonds is 5. The minimum atomic E-state index is 0.731. The van der Waals surface area contributed by atoms with Gasteiger partial charge in [-0.3, -0.25) is 0 Å². The molecule has 0 fully saturated rings. The Morgan fingerprint density at radius 1 is 1.00 bits per heavy atom. The van der Waals surface area contributed by atoms with Crippen molar-refractivity contribution in [2.75, 3.05) is 5.75 Å². The van der Waals surface area contributed by atoms with Crippen LogP contribution in [0.1, 0.15) is 25.7 Å². The molecule has 0 aliphatic heterocycles. The third kappa shape index (κ3) is 3.66. The van der Waals surface area contributed by atoms with E-state index in [1.54, 1.807) is 0 Å². The summed E-state index contributed by atoms with van der Waals surface area (Å²) < 4.78 is 0. The highest BCUT2D eigenvalue weighted by molar-refractivity contribution is 7.80. The highest BCUT2D eigenvalue weighted by Crippen LogP contribution is 2.16. The van der Waals surface area contributed by atoms with E-state index in [9.17, 15) is 0 Å². The molecule has 11 heavy (non-hydrogen) atoms. The van der Waals surface area contributed by atoms with E-state index in [2.05, 4.69) is 36.9 Å². The van der Waals surface area contributed by atoms with E-state index in [1.165, 1.54) is 25.7 Å². The van der Waals surface area contributed by atoms with Gasteiger partial charge in [0.1, 0.15) is 0 Å². The Labute approximate surface area is 74.8 Å². The van der Waals surface area contributed by atoms with Gasteiger partial charge in [-0.05, 0) is 24.5 Å². The van der Waals surface area contributed by atoms with E-state index in [0.29, 0.717) is 0 Å². The second-order valence-corrected chi connectivity index (χ2v) is 3.45. The Morgan fingerprint density at radius 3 is 2.36 bits per heavy atom. The summed E-state index contributed by atoms with van der Waals surface area (Å²) in [6, 6.07) is 0. The summed E-state index contributed by atoms with van der Waals surface area (Å²) in [4.78, 5) is 0. The Balaban J connectivity index is 1.95. The quantitative estimate of drug-likeness (QED) is 0.473. The summed E-state index contributed by atoms with van der Waals surface area (Å²) in [5.74, 6) is 1.77. The molecule has 1 rings (SSSR count). The van der Waals surface area contributed by atoms with Crippen molar-refractivity contribution in [1.82, 2.24) is 0 Å². The van der Waals surface area contributed by atoms with Crippen LogP contribution in [-0.4, -0.2) is 5.75 Å². The molecule has 0 aromatic rings. The lowest BCUT2D eigenvalue weighted by molar-refractivity contribution is 0.617. The third-order valence-corrected chi connectivity index (χ3v) is 2.34. The molecule has 1 heteroatoms. The molecule has 0 aromatic heterocycles. The van der Waals surface area contributed by atoms with Crippen molar-refractivity contribution in [1.29, 1.82) is 0 Å². The SMILES string of the molecule is SCCCCCC1C=CC=C1. The molecule has 0 atom stereocenters. The zero-order valence-electron chi connectivity index (χ0n) is 6.87. The number of allylic oxidation sites excluding steroid dienone is 4. The van der Waals surface area contributed by atoms with Crippen molar-refractivity contribution in [2.45, 2.75) is 25.7 Å². The summed E-state index contributed by atoms with van der Waals surface area (Å²) in [5, 5.41) is 0. The van der Waals surface area contributed by atoms with Crippen LogP contribution in [0.25, 0.3) is 0 Å². The predicted octanol–water partition coefficient (Wildman–Crippen LogP) is 3.22. The Hall–Kier alpha value is -0.170. The number of hydrogen-bond acceptors (Lipinski definition) is 1. The van der Waals surface area contributed by atoms with Gasteiger partial charge < -0.3 is 0 Å². The van der Waals surface area contributed by atoms with E-state index in [4.69, 9.17) is 0 Å². The molecule has 0 heterocycles. The zero-order valence-corrected chi connectivity index (χ0v) is 7.76. The van der Waals surface area contributed by atoms with Crippen molar-refractivity contribution in [2.24, 2.45) is 5.92 Å². The fourth-order valence-corrected chi connectivity index (χ4v) is 1.56. The summed E-state index contributed by atoms with van der Waals surface area (Å²) in [6.07, 6.45) is 14.1. The second-order valence-electron chi connectivity index (χ2n) is 3.01. The first kappa shape index (κ1) is 8.92. The first-order chi connectivity index (χ1) is 5.43. The molecule has 0 radical (unpaired) electrons. The monoisotopic (exact) mass is 168 g/mol. The van der Waals surface area contributed by atoms with E-state index in [0.717, 1.165) is 11.7 Å². The fraction of sp³-hybridized carbons (Fsp3) is 0.600. The van der Waals surface area contributed by atoms with E-state index in [1.807, 2.05) is 0 Å². The molecule has 0 unspecified atom stereocenters. The lowest BCUT2D eigenvalue weighted by Gasteiger charge is -2.03. The largest absolute Gasteiger partial charge is 0.179 e. The van der Waals surface area contributed by atoms with Gasteiger partial charge in [0.2, 0.25) is 0 Å². The topological polar surface area (TPSA) is 0 Å². The smallest absolute Gasteiger partial charge is 0.00473 e. The lowest BCUT2D eigenvalue weighted by atomic mass is 10.0. The van der Waals surface area contributed by atoms with Gasteiger partial charge in [-0.25, -0.2) is 0 Å².